The number of fused-ring (bicyclic) bond motifs is 1. The summed E-state index contributed by atoms with van der Waals surface area (Å²) in [4.78, 5) is 6.12. The minimum Gasteiger partial charge on any atom is -0.253 e. The van der Waals surface area contributed by atoms with E-state index < -0.39 is 10.8 Å². The van der Waals surface area contributed by atoms with Gasteiger partial charge in [-0.2, -0.15) is 0 Å². The standard InChI is InChI=1S/C16H13NOS/c1-12-11-16(14-9-5-6-10-15(14)17-12)19(18)13-7-3-2-4-8-13/h2-11H,1H3. The van der Waals surface area contributed by atoms with E-state index >= 15 is 0 Å². The van der Waals surface area contributed by atoms with Crippen molar-refractivity contribution in [3.63, 3.8) is 0 Å². The Morgan fingerprint density at radius 3 is 2.42 bits per heavy atom. The monoisotopic (exact) mass is 267 g/mol. The van der Waals surface area contributed by atoms with Crippen molar-refractivity contribution in [1.29, 1.82) is 0 Å². The summed E-state index contributed by atoms with van der Waals surface area (Å²) in [6.45, 7) is 1.93. The molecule has 0 spiro atoms. The van der Waals surface area contributed by atoms with Crippen molar-refractivity contribution in [3.05, 3.63) is 66.4 Å². The first-order valence-electron chi connectivity index (χ1n) is 6.09. The molecule has 3 heteroatoms. The van der Waals surface area contributed by atoms with Gasteiger partial charge in [-0.15, -0.1) is 0 Å². The van der Waals surface area contributed by atoms with E-state index in [0.29, 0.717) is 0 Å². The molecule has 2 aromatic carbocycles. The van der Waals surface area contributed by atoms with E-state index in [1.165, 1.54) is 0 Å². The van der Waals surface area contributed by atoms with Crippen molar-refractivity contribution in [2.24, 2.45) is 0 Å². The van der Waals surface area contributed by atoms with E-state index in [1.807, 2.05) is 67.6 Å². The average Bonchev–Trinajstić information content (AvgIpc) is 2.46. The third kappa shape index (κ3) is 2.29. The molecule has 2 nitrogen and oxygen atoms in total. The van der Waals surface area contributed by atoms with Gasteiger partial charge in [0, 0.05) is 16.0 Å². The number of pyridine rings is 1. The molecule has 3 aromatic rings. The van der Waals surface area contributed by atoms with Gasteiger partial charge < -0.3 is 0 Å². The molecule has 0 radical (unpaired) electrons. The van der Waals surface area contributed by atoms with Crippen LogP contribution in [0.5, 0.6) is 0 Å². The molecule has 1 heterocycles. The number of hydrogen-bond donors (Lipinski definition) is 0. The smallest absolute Gasteiger partial charge is 0.0857 e. The summed E-state index contributed by atoms with van der Waals surface area (Å²) in [7, 11) is -1.17. The van der Waals surface area contributed by atoms with Crippen molar-refractivity contribution >= 4 is 21.7 Å². The Kier molecular flexibility index (Phi) is 3.13. The lowest BCUT2D eigenvalue weighted by Crippen LogP contribution is -1.96. The molecule has 0 aliphatic heterocycles. The van der Waals surface area contributed by atoms with Gasteiger partial charge in [0.1, 0.15) is 0 Å². The molecule has 0 saturated heterocycles. The quantitative estimate of drug-likeness (QED) is 0.708. The Labute approximate surface area is 114 Å². The number of benzene rings is 2. The van der Waals surface area contributed by atoms with Crippen molar-refractivity contribution in [2.45, 2.75) is 16.7 Å². The zero-order valence-electron chi connectivity index (χ0n) is 10.5. The van der Waals surface area contributed by atoms with E-state index in [0.717, 1.165) is 26.4 Å². The molecule has 0 amide bonds. The minimum atomic E-state index is -1.17. The molecule has 94 valence electrons. The third-order valence-corrected chi connectivity index (χ3v) is 4.40. The highest BCUT2D eigenvalue weighted by molar-refractivity contribution is 7.85. The number of nitrogens with zero attached hydrogens (tertiary/aromatic N) is 1. The fourth-order valence-corrected chi connectivity index (χ4v) is 3.40. The molecule has 19 heavy (non-hydrogen) atoms. The molecule has 3 rings (SSSR count). The van der Waals surface area contributed by atoms with Crippen LogP contribution < -0.4 is 0 Å². The average molecular weight is 267 g/mol. The van der Waals surface area contributed by atoms with Crippen LogP contribution in [-0.4, -0.2) is 9.19 Å². The van der Waals surface area contributed by atoms with Crippen LogP contribution in [-0.2, 0) is 10.8 Å². The maximum absolute atomic E-state index is 12.7. The van der Waals surface area contributed by atoms with Gasteiger partial charge in [0.05, 0.1) is 21.2 Å². The Morgan fingerprint density at radius 1 is 0.947 bits per heavy atom. The van der Waals surface area contributed by atoms with Gasteiger partial charge in [-0.3, -0.25) is 4.98 Å². The Morgan fingerprint density at radius 2 is 1.63 bits per heavy atom. The molecule has 1 atom stereocenters. The molecule has 0 aliphatic rings. The summed E-state index contributed by atoms with van der Waals surface area (Å²) >= 11 is 0. The van der Waals surface area contributed by atoms with Gasteiger partial charge in [-0.1, -0.05) is 36.4 Å². The van der Waals surface area contributed by atoms with Gasteiger partial charge in [-0.05, 0) is 31.2 Å². The predicted octanol–water partition coefficient (Wildman–Crippen LogP) is 3.71. The highest BCUT2D eigenvalue weighted by Gasteiger charge is 2.11. The lowest BCUT2D eigenvalue weighted by molar-refractivity contribution is 0.683. The summed E-state index contributed by atoms with van der Waals surface area (Å²) in [5.74, 6) is 0. The summed E-state index contributed by atoms with van der Waals surface area (Å²) < 4.78 is 12.7. The molecule has 0 aliphatic carbocycles. The van der Waals surface area contributed by atoms with Gasteiger partial charge in [0.2, 0.25) is 0 Å². The minimum absolute atomic E-state index is 0.818. The van der Waals surface area contributed by atoms with Crippen LogP contribution in [0.15, 0.2) is 70.5 Å². The molecule has 0 fully saturated rings. The number of para-hydroxylation sites is 1. The molecular weight excluding hydrogens is 254 g/mol. The van der Waals surface area contributed by atoms with E-state index in [2.05, 4.69) is 4.98 Å². The van der Waals surface area contributed by atoms with Gasteiger partial charge in [0.25, 0.3) is 0 Å². The second-order valence-corrected chi connectivity index (χ2v) is 5.81. The maximum atomic E-state index is 12.7. The molecule has 0 saturated carbocycles. The predicted molar refractivity (Wildman–Crippen MR) is 77.6 cm³/mol. The van der Waals surface area contributed by atoms with Crippen molar-refractivity contribution in [3.8, 4) is 0 Å². The number of aromatic nitrogens is 1. The van der Waals surface area contributed by atoms with E-state index in [9.17, 15) is 4.21 Å². The van der Waals surface area contributed by atoms with Crippen molar-refractivity contribution in [2.75, 3.05) is 0 Å². The van der Waals surface area contributed by atoms with Gasteiger partial charge in [0.15, 0.2) is 0 Å². The van der Waals surface area contributed by atoms with Crippen LogP contribution in [0.3, 0.4) is 0 Å². The molecular formula is C16H13NOS. The SMILES string of the molecule is Cc1cc(S(=O)c2ccccc2)c2ccccc2n1. The highest BCUT2D eigenvalue weighted by Crippen LogP contribution is 2.25. The van der Waals surface area contributed by atoms with Crippen LogP contribution >= 0.6 is 0 Å². The first-order chi connectivity index (χ1) is 9.25. The number of rotatable bonds is 2. The molecule has 0 bridgehead atoms. The lowest BCUT2D eigenvalue weighted by atomic mass is 10.2. The lowest BCUT2D eigenvalue weighted by Gasteiger charge is -2.07. The summed E-state index contributed by atoms with van der Waals surface area (Å²) in [5.41, 5.74) is 1.78. The van der Waals surface area contributed by atoms with Crippen LogP contribution in [0.2, 0.25) is 0 Å². The van der Waals surface area contributed by atoms with Crippen LogP contribution in [0, 0.1) is 6.92 Å². The zero-order valence-corrected chi connectivity index (χ0v) is 11.4. The fourth-order valence-electron chi connectivity index (χ4n) is 2.09. The van der Waals surface area contributed by atoms with Crippen LogP contribution in [0.1, 0.15) is 5.69 Å². The van der Waals surface area contributed by atoms with Crippen LogP contribution in [0.25, 0.3) is 10.9 Å². The Bertz CT molecular complexity index is 753. The molecule has 0 N–H and O–H groups in total. The Hall–Kier alpha value is -2.00. The molecule has 1 unspecified atom stereocenters. The summed E-state index contributed by atoms with van der Waals surface area (Å²) in [6.07, 6.45) is 0. The Balaban J connectivity index is 2.23. The van der Waals surface area contributed by atoms with Gasteiger partial charge >= 0.3 is 0 Å². The van der Waals surface area contributed by atoms with Crippen molar-refractivity contribution in [1.82, 2.24) is 4.98 Å². The van der Waals surface area contributed by atoms with E-state index in [-0.39, 0.29) is 0 Å². The fraction of sp³-hybridized carbons (Fsp3) is 0.0625. The number of hydrogen-bond acceptors (Lipinski definition) is 2. The van der Waals surface area contributed by atoms with E-state index in [1.54, 1.807) is 0 Å². The molecule has 1 aromatic heterocycles. The van der Waals surface area contributed by atoms with Gasteiger partial charge in [-0.25, -0.2) is 4.21 Å². The second-order valence-electron chi connectivity index (χ2n) is 4.36. The third-order valence-electron chi connectivity index (χ3n) is 2.96. The largest absolute Gasteiger partial charge is 0.253 e. The topological polar surface area (TPSA) is 30.0 Å². The zero-order chi connectivity index (χ0) is 13.2. The first-order valence-corrected chi connectivity index (χ1v) is 7.24. The van der Waals surface area contributed by atoms with Crippen LogP contribution in [0.4, 0.5) is 0 Å². The first kappa shape index (κ1) is 12.1. The normalized spacial score (nSPS) is 12.5. The number of aryl methyl sites for hydroxylation is 1. The second kappa shape index (κ2) is 4.94. The highest BCUT2D eigenvalue weighted by atomic mass is 32.2. The van der Waals surface area contributed by atoms with E-state index in [4.69, 9.17) is 0 Å². The summed E-state index contributed by atoms with van der Waals surface area (Å²) in [5, 5.41) is 0.954. The summed E-state index contributed by atoms with van der Waals surface area (Å²) in [6, 6.07) is 19.2. The maximum Gasteiger partial charge on any atom is 0.0857 e. The van der Waals surface area contributed by atoms with Crippen molar-refractivity contribution < 1.29 is 4.21 Å².